The molecule has 3 nitrogen and oxygen atoms in total. The van der Waals surface area contributed by atoms with Crippen LogP contribution in [-0.2, 0) is 4.74 Å². The molecule has 3 fully saturated rings. The lowest BCUT2D eigenvalue weighted by atomic mass is 9.84. The maximum Gasteiger partial charge on any atom is 0.0591 e. The lowest BCUT2D eigenvalue weighted by Gasteiger charge is -2.45. The van der Waals surface area contributed by atoms with Crippen LogP contribution in [-0.4, -0.2) is 50.3 Å². The Morgan fingerprint density at radius 1 is 1.31 bits per heavy atom. The molecule has 3 aliphatic rings. The molecule has 16 heavy (non-hydrogen) atoms. The minimum atomic E-state index is 0.713. The van der Waals surface area contributed by atoms with E-state index in [1.54, 1.807) is 0 Å². The lowest BCUT2D eigenvalue weighted by molar-refractivity contribution is 0.0652. The third-order valence-corrected chi connectivity index (χ3v) is 3.78. The van der Waals surface area contributed by atoms with E-state index in [4.69, 9.17) is 4.74 Å². The van der Waals surface area contributed by atoms with Gasteiger partial charge < -0.3 is 15.0 Å². The van der Waals surface area contributed by atoms with Crippen molar-refractivity contribution in [2.45, 2.75) is 25.3 Å². The molecule has 92 valence electrons. The van der Waals surface area contributed by atoms with Crippen LogP contribution in [0.3, 0.4) is 0 Å². The van der Waals surface area contributed by atoms with Crippen LogP contribution in [0.15, 0.2) is 12.7 Å². The summed E-state index contributed by atoms with van der Waals surface area (Å²) in [6.45, 7) is 10.2. The molecule has 0 aromatic rings. The zero-order chi connectivity index (χ0) is 11.2. The molecule has 1 unspecified atom stereocenters. The predicted octanol–water partition coefficient (Wildman–Crippen LogP) is 1.26. The average Bonchev–Trinajstić information content (AvgIpc) is 2.35. The van der Waals surface area contributed by atoms with Crippen molar-refractivity contribution in [3.63, 3.8) is 0 Å². The van der Waals surface area contributed by atoms with Crippen molar-refractivity contribution in [3.05, 3.63) is 12.7 Å². The van der Waals surface area contributed by atoms with E-state index in [-0.39, 0.29) is 0 Å². The first-order valence-electron chi connectivity index (χ1n) is 6.54. The van der Waals surface area contributed by atoms with Crippen LogP contribution in [0.4, 0.5) is 0 Å². The van der Waals surface area contributed by atoms with Crippen molar-refractivity contribution in [3.8, 4) is 0 Å². The Labute approximate surface area is 98.8 Å². The highest BCUT2D eigenvalue weighted by Gasteiger charge is 2.33. The van der Waals surface area contributed by atoms with Crippen LogP contribution in [0.2, 0.25) is 0 Å². The van der Waals surface area contributed by atoms with Gasteiger partial charge in [-0.15, -0.1) is 6.58 Å². The lowest BCUT2D eigenvalue weighted by Crippen LogP contribution is -2.56. The summed E-state index contributed by atoms with van der Waals surface area (Å²) in [6, 6.07) is 0.713. The number of hydrogen-bond donors (Lipinski definition) is 1. The van der Waals surface area contributed by atoms with Crippen LogP contribution < -0.4 is 5.32 Å². The minimum Gasteiger partial charge on any atom is -0.380 e. The second-order valence-electron chi connectivity index (χ2n) is 4.89. The highest BCUT2D eigenvalue weighted by Crippen LogP contribution is 2.27. The molecular weight excluding hydrogens is 200 g/mol. The van der Waals surface area contributed by atoms with Crippen molar-refractivity contribution in [2.24, 2.45) is 5.92 Å². The van der Waals surface area contributed by atoms with Crippen LogP contribution in [0.1, 0.15) is 19.3 Å². The Kier molecular flexibility index (Phi) is 4.82. The van der Waals surface area contributed by atoms with Crippen LogP contribution in [0, 0.1) is 5.92 Å². The average molecular weight is 224 g/mol. The Bertz CT molecular complexity index is 212. The fraction of sp³-hybridized carbons (Fsp3) is 0.846. The summed E-state index contributed by atoms with van der Waals surface area (Å²) in [5.74, 6) is 0.915. The fourth-order valence-corrected chi connectivity index (χ4v) is 2.78. The standard InChI is InChI=1S/C13H24N2O/c1-2-3-9-16-10-6-14-13-11-15-7-4-12(13)5-8-15/h2,12-14H,1,3-11H2. The van der Waals surface area contributed by atoms with E-state index in [0.717, 1.165) is 32.1 Å². The topological polar surface area (TPSA) is 24.5 Å². The second kappa shape index (κ2) is 6.38. The van der Waals surface area contributed by atoms with Crippen LogP contribution in [0.5, 0.6) is 0 Å². The highest BCUT2D eigenvalue weighted by atomic mass is 16.5. The first-order valence-corrected chi connectivity index (χ1v) is 6.54. The number of fused-ring (bicyclic) bond motifs is 3. The zero-order valence-corrected chi connectivity index (χ0v) is 10.2. The van der Waals surface area contributed by atoms with Crippen molar-refractivity contribution in [1.29, 1.82) is 0 Å². The summed E-state index contributed by atoms with van der Waals surface area (Å²) < 4.78 is 5.50. The Morgan fingerprint density at radius 3 is 2.75 bits per heavy atom. The van der Waals surface area contributed by atoms with Gasteiger partial charge in [0.05, 0.1) is 13.2 Å². The molecule has 0 radical (unpaired) electrons. The van der Waals surface area contributed by atoms with Gasteiger partial charge in [-0.25, -0.2) is 0 Å². The smallest absolute Gasteiger partial charge is 0.0591 e. The first-order chi connectivity index (χ1) is 7.90. The van der Waals surface area contributed by atoms with E-state index >= 15 is 0 Å². The van der Waals surface area contributed by atoms with Crippen molar-refractivity contribution >= 4 is 0 Å². The number of nitrogens with zero attached hydrogens (tertiary/aromatic N) is 1. The summed E-state index contributed by atoms with van der Waals surface area (Å²) >= 11 is 0. The minimum absolute atomic E-state index is 0.713. The third kappa shape index (κ3) is 3.30. The summed E-state index contributed by atoms with van der Waals surface area (Å²) in [7, 11) is 0. The van der Waals surface area contributed by atoms with E-state index in [1.807, 2.05) is 6.08 Å². The molecule has 0 saturated carbocycles. The molecule has 1 N–H and O–H groups in total. The third-order valence-electron chi connectivity index (χ3n) is 3.78. The first kappa shape index (κ1) is 12.1. The molecule has 3 saturated heterocycles. The molecule has 0 spiro atoms. The number of piperidine rings is 3. The zero-order valence-electron chi connectivity index (χ0n) is 10.2. The van der Waals surface area contributed by atoms with Crippen LogP contribution in [0.25, 0.3) is 0 Å². The van der Waals surface area contributed by atoms with E-state index in [1.165, 1.54) is 32.5 Å². The molecule has 3 heterocycles. The summed E-state index contributed by atoms with van der Waals surface area (Å²) in [6.07, 6.45) is 5.63. The fourth-order valence-electron chi connectivity index (χ4n) is 2.78. The van der Waals surface area contributed by atoms with Crippen LogP contribution >= 0.6 is 0 Å². The van der Waals surface area contributed by atoms with Crippen molar-refractivity contribution in [1.82, 2.24) is 10.2 Å². The molecule has 0 aliphatic carbocycles. The van der Waals surface area contributed by atoms with Gasteiger partial charge in [0, 0.05) is 19.1 Å². The molecule has 0 amide bonds. The molecule has 0 aromatic carbocycles. The van der Waals surface area contributed by atoms with Crippen molar-refractivity contribution < 1.29 is 4.74 Å². The van der Waals surface area contributed by atoms with E-state index in [9.17, 15) is 0 Å². The summed E-state index contributed by atoms with van der Waals surface area (Å²) in [4.78, 5) is 2.58. The molecular formula is C13H24N2O. The monoisotopic (exact) mass is 224 g/mol. The highest BCUT2D eigenvalue weighted by molar-refractivity contribution is 4.90. The predicted molar refractivity (Wildman–Crippen MR) is 66.6 cm³/mol. The van der Waals surface area contributed by atoms with Gasteiger partial charge in [0.15, 0.2) is 0 Å². The maximum absolute atomic E-state index is 5.50. The Morgan fingerprint density at radius 2 is 2.12 bits per heavy atom. The molecule has 1 atom stereocenters. The normalized spacial score (nSPS) is 32.9. The van der Waals surface area contributed by atoms with Gasteiger partial charge in [0.2, 0.25) is 0 Å². The second-order valence-corrected chi connectivity index (χ2v) is 4.89. The van der Waals surface area contributed by atoms with Gasteiger partial charge in [-0.1, -0.05) is 6.08 Å². The molecule has 0 aromatic heterocycles. The molecule has 3 aliphatic heterocycles. The number of hydrogen-bond acceptors (Lipinski definition) is 3. The van der Waals surface area contributed by atoms with Gasteiger partial charge in [-0.05, 0) is 38.3 Å². The molecule has 2 bridgehead atoms. The summed E-state index contributed by atoms with van der Waals surface area (Å²) in [5.41, 5.74) is 0. The van der Waals surface area contributed by atoms with Gasteiger partial charge >= 0.3 is 0 Å². The van der Waals surface area contributed by atoms with Gasteiger partial charge in [0.1, 0.15) is 0 Å². The van der Waals surface area contributed by atoms with Gasteiger partial charge in [-0.2, -0.15) is 0 Å². The largest absolute Gasteiger partial charge is 0.380 e. The Balaban J connectivity index is 1.54. The van der Waals surface area contributed by atoms with Crippen molar-refractivity contribution in [2.75, 3.05) is 39.4 Å². The molecule has 3 heteroatoms. The van der Waals surface area contributed by atoms with E-state index in [2.05, 4.69) is 16.8 Å². The quantitative estimate of drug-likeness (QED) is 0.520. The number of nitrogens with one attached hydrogen (secondary N) is 1. The SMILES string of the molecule is C=CCCOCCNC1CN2CCC1CC2. The van der Waals surface area contributed by atoms with E-state index < -0.39 is 0 Å². The van der Waals surface area contributed by atoms with Gasteiger partial charge in [0.25, 0.3) is 0 Å². The number of ether oxygens (including phenoxy) is 1. The molecule has 3 rings (SSSR count). The van der Waals surface area contributed by atoms with Gasteiger partial charge in [-0.3, -0.25) is 0 Å². The Hall–Kier alpha value is -0.380. The number of rotatable bonds is 7. The maximum atomic E-state index is 5.50. The van der Waals surface area contributed by atoms with E-state index in [0.29, 0.717) is 6.04 Å². The summed E-state index contributed by atoms with van der Waals surface area (Å²) in [5, 5.41) is 3.64.